The minimum atomic E-state index is -0.387. The van der Waals surface area contributed by atoms with E-state index >= 15 is 0 Å². The number of hydrogen-bond acceptors (Lipinski definition) is 4. The maximum Gasteiger partial charge on any atom is 0.342 e. The van der Waals surface area contributed by atoms with Crippen molar-refractivity contribution in [2.45, 2.75) is 13.8 Å². The van der Waals surface area contributed by atoms with Gasteiger partial charge in [-0.3, -0.25) is 0 Å². The van der Waals surface area contributed by atoms with Gasteiger partial charge in [-0.1, -0.05) is 11.6 Å². The molecular weight excluding hydrogens is 268 g/mol. The standard InChI is InChI=1S/C13H15ClN2O3/c1-5-19-13(17)10-7(2)16(3)9-6-8(14)12(18-4)15-11(9)10/h6H,5H2,1-4H3. The molecule has 0 aliphatic heterocycles. The summed E-state index contributed by atoms with van der Waals surface area (Å²) in [6.45, 7) is 3.93. The molecule has 0 radical (unpaired) electrons. The molecule has 0 amide bonds. The number of nitrogens with zero attached hydrogens (tertiary/aromatic N) is 2. The maximum atomic E-state index is 12.0. The van der Waals surface area contributed by atoms with E-state index in [1.807, 2.05) is 18.5 Å². The van der Waals surface area contributed by atoms with Gasteiger partial charge in [-0.25, -0.2) is 9.78 Å². The van der Waals surface area contributed by atoms with Crippen LogP contribution in [0.2, 0.25) is 5.02 Å². The first-order chi connectivity index (χ1) is 9.01. The summed E-state index contributed by atoms with van der Waals surface area (Å²) in [4.78, 5) is 16.3. The average Bonchev–Trinajstić information content (AvgIpc) is 2.61. The maximum absolute atomic E-state index is 12.0. The lowest BCUT2D eigenvalue weighted by atomic mass is 10.2. The number of methoxy groups -OCH3 is 1. The van der Waals surface area contributed by atoms with Gasteiger partial charge in [0.2, 0.25) is 5.88 Å². The smallest absolute Gasteiger partial charge is 0.342 e. The number of carbonyl (C=O) groups excluding carboxylic acids is 1. The molecule has 0 fully saturated rings. The lowest BCUT2D eigenvalue weighted by molar-refractivity contribution is 0.0527. The van der Waals surface area contributed by atoms with Gasteiger partial charge in [0.15, 0.2) is 0 Å². The highest BCUT2D eigenvalue weighted by molar-refractivity contribution is 6.32. The van der Waals surface area contributed by atoms with Crippen LogP contribution in [0.4, 0.5) is 0 Å². The van der Waals surface area contributed by atoms with Gasteiger partial charge >= 0.3 is 5.97 Å². The molecule has 0 aliphatic carbocycles. The number of ether oxygens (including phenoxy) is 2. The van der Waals surface area contributed by atoms with Crippen LogP contribution in [0.15, 0.2) is 6.07 Å². The fourth-order valence-electron chi connectivity index (χ4n) is 2.01. The number of halogens is 1. The summed E-state index contributed by atoms with van der Waals surface area (Å²) < 4.78 is 12.0. The molecule has 2 rings (SSSR count). The molecule has 0 aromatic carbocycles. The van der Waals surface area contributed by atoms with E-state index in [-0.39, 0.29) is 5.97 Å². The Morgan fingerprint density at radius 3 is 2.79 bits per heavy atom. The van der Waals surface area contributed by atoms with E-state index in [2.05, 4.69) is 4.98 Å². The van der Waals surface area contributed by atoms with Gasteiger partial charge in [-0.2, -0.15) is 0 Å². The number of pyridine rings is 1. The van der Waals surface area contributed by atoms with E-state index in [9.17, 15) is 4.79 Å². The second-order valence-corrected chi connectivity index (χ2v) is 4.49. The molecule has 0 atom stereocenters. The molecular formula is C13H15ClN2O3. The molecule has 19 heavy (non-hydrogen) atoms. The van der Waals surface area contributed by atoms with Gasteiger partial charge in [-0.05, 0) is 19.9 Å². The first-order valence-electron chi connectivity index (χ1n) is 5.87. The zero-order valence-corrected chi connectivity index (χ0v) is 12.0. The molecule has 6 heteroatoms. The van der Waals surface area contributed by atoms with Crippen molar-refractivity contribution >= 4 is 28.6 Å². The topological polar surface area (TPSA) is 53.4 Å². The molecule has 0 N–H and O–H groups in total. The van der Waals surface area contributed by atoms with Crippen molar-refractivity contribution in [3.05, 3.63) is 22.3 Å². The molecule has 2 aromatic heterocycles. The van der Waals surface area contributed by atoms with E-state index in [1.165, 1.54) is 7.11 Å². The summed E-state index contributed by atoms with van der Waals surface area (Å²) in [6, 6.07) is 1.73. The van der Waals surface area contributed by atoms with E-state index in [0.29, 0.717) is 28.6 Å². The van der Waals surface area contributed by atoms with Crippen molar-refractivity contribution in [3.63, 3.8) is 0 Å². The Balaban J connectivity index is 2.76. The highest BCUT2D eigenvalue weighted by Gasteiger charge is 2.22. The first-order valence-corrected chi connectivity index (χ1v) is 6.25. The van der Waals surface area contributed by atoms with E-state index in [1.54, 1.807) is 13.0 Å². The number of carbonyl (C=O) groups is 1. The lowest BCUT2D eigenvalue weighted by Crippen LogP contribution is -2.07. The lowest BCUT2D eigenvalue weighted by Gasteiger charge is -2.03. The van der Waals surface area contributed by atoms with Crippen molar-refractivity contribution in [2.24, 2.45) is 7.05 Å². The highest BCUT2D eigenvalue weighted by atomic mass is 35.5. The molecule has 0 saturated carbocycles. The fourth-order valence-corrected chi connectivity index (χ4v) is 2.24. The molecule has 2 aromatic rings. The Hall–Kier alpha value is -1.75. The van der Waals surface area contributed by atoms with Crippen LogP contribution in [0.5, 0.6) is 5.88 Å². The monoisotopic (exact) mass is 282 g/mol. The van der Waals surface area contributed by atoms with Crippen LogP contribution in [0.25, 0.3) is 11.0 Å². The van der Waals surface area contributed by atoms with Crippen molar-refractivity contribution < 1.29 is 14.3 Å². The van der Waals surface area contributed by atoms with Crippen LogP contribution in [0, 0.1) is 6.92 Å². The SMILES string of the molecule is CCOC(=O)c1c(C)n(C)c2cc(Cl)c(OC)nc12. The number of aryl methyl sites for hydroxylation is 1. The normalized spacial score (nSPS) is 10.8. The average molecular weight is 283 g/mol. The van der Waals surface area contributed by atoms with Crippen LogP contribution in [0.1, 0.15) is 23.0 Å². The molecule has 0 unspecified atom stereocenters. The highest BCUT2D eigenvalue weighted by Crippen LogP contribution is 2.31. The van der Waals surface area contributed by atoms with Crippen molar-refractivity contribution in [3.8, 4) is 5.88 Å². The van der Waals surface area contributed by atoms with Gasteiger partial charge < -0.3 is 14.0 Å². The third-order valence-electron chi connectivity index (χ3n) is 3.06. The quantitative estimate of drug-likeness (QED) is 0.812. The molecule has 0 bridgehead atoms. The molecule has 2 heterocycles. The predicted octanol–water partition coefficient (Wildman–Crippen LogP) is 2.72. The number of fused-ring (bicyclic) bond motifs is 1. The van der Waals surface area contributed by atoms with Gasteiger partial charge in [-0.15, -0.1) is 0 Å². The van der Waals surface area contributed by atoms with Gasteiger partial charge in [0.25, 0.3) is 0 Å². The summed E-state index contributed by atoms with van der Waals surface area (Å²) in [6.07, 6.45) is 0. The van der Waals surface area contributed by atoms with Crippen LogP contribution in [0.3, 0.4) is 0 Å². The Labute approximate surface area is 116 Å². The zero-order chi connectivity index (χ0) is 14.2. The first kappa shape index (κ1) is 13.7. The molecule has 0 spiro atoms. The van der Waals surface area contributed by atoms with E-state index in [4.69, 9.17) is 21.1 Å². The summed E-state index contributed by atoms with van der Waals surface area (Å²) in [7, 11) is 3.34. The Kier molecular flexibility index (Phi) is 3.66. The van der Waals surface area contributed by atoms with Gasteiger partial charge in [0.1, 0.15) is 16.1 Å². The molecule has 0 aliphatic rings. The summed E-state index contributed by atoms with van der Waals surface area (Å²) in [5, 5.41) is 0.408. The number of hydrogen-bond donors (Lipinski definition) is 0. The number of aromatic nitrogens is 2. The van der Waals surface area contributed by atoms with Crippen molar-refractivity contribution in [2.75, 3.05) is 13.7 Å². The molecule has 102 valence electrons. The number of rotatable bonds is 3. The van der Waals surface area contributed by atoms with Crippen LogP contribution in [-0.4, -0.2) is 29.2 Å². The fraction of sp³-hybridized carbons (Fsp3) is 0.385. The van der Waals surface area contributed by atoms with Crippen LogP contribution < -0.4 is 4.74 Å². The zero-order valence-electron chi connectivity index (χ0n) is 11.3. The second kappa shape index (κ2) is 5.09. The Bertz CT molecular complexity index is 649. The predicted molar refractivity (Wildman–Crippen MR) is 73.0 cm³/mol. The molecule has 5 nitrogen and oxygen atoms in total. The summed E-state index contributed by atoms with van der Waals surface area (Å²) >= 11 is 6.06. The minimum Gasteiger partial charge on any atom is -0.480 e. The minimum absolute atomic E-state index is 0.297. The van der Waals surface area contributed by atoms with Crippen molar-refractivity contribution in [1.29, 1.82) is 0 Å². The molecule has 0 saturated heterocycles. The second-order valence-electron chi connectivity index (χ2n) is 4.09. The Morgan fingerprint density at radius 1 is 1.53 bits per heavy atom. The third-order valence-corrected chi connectivity index (χ3v) is 3.33. The summed E-state index contributed by atoms with van der Waals surface area (Å²) in [5.41, 5.74) is 2.55. The van der Waals surface area contributed by atoms with Crippen LogP contribution in [-0.2, 0) is 11.8 Å². The van der Waals surface area contributed by atoms with E-state index < -0.39 is 0 Å². The van der Waals surface area contributed by atoms with Crippen molar-refractivity contribution in [1.82, 2.24) is 9.55 Å². The van der Waals surface area contributed by atoms with Gasteiger partial charge in [0.05, 0.1) is 19.2 Å². The largest absolute Gasteiger partial charge is 0.480 e. The van der Waals surface area contributed by atoms with Gasteiger partial charge in [0, 0.05) is 12.7 Å². The third kappa shape index (κ3) is 2.14. The summed E-state index contributed by atoms with van der Waals surface area (Å²) in [5.74, 6) is -0.0900. The Morgan fingerprint density at radius 2 is 2.21 bits per heavy atom. The number of esters is 1. The van der Waals surface area contributed by atoms with E-state index in [0.717, 1.165) is 11.2 Å². The van der Waals surface area contributed by atoms with Crippen LogP contribution >= 0.6 is 11.6 Å².